The molecular weight excluding hydrogens is 298 g/mol. The number of carbonyl (C=O) groups excluding carboxylic acids is 2. The molecule has 0 saturated heterocycles. The summed E-state index contributed by atoms with van der Waals surface area (Å²) < 4.78 is 15.4. The molecule has 0 unspecified atom stereocenters. The number of esters is 1. The summed E-state index contributed by atoms with van der Waals surface area (Å²) in [6.45, 7) is 3.26. The molecule has 23 heavy (non-hydrogen) atoms. The first kappa shape index (κ1) is 16.6. The first-order chi connectivity index (χ1) is 11.0. The SMILES string of the molecule is COc1ccc(C)cc1C(=O)OCC(=O)N[C@H](C)c1ccco1. The zero-order valence-electron chi connectivity index (χ0n) is 13.3. The zero-order chi connectivity index (χ0) is 16.8. The van der Waals surface area contributed by atoms with Gasteiger partial charge in [-0.15, -0.1) is 0 Å². The minimum absolute atomic E-state index is 0.291. The molecule has 0 fully saturated rings. The van der Waals surface area contributed by atoms with E-state index < -0.39 is 11.9 Å². The molecule has 1 amide bonds. The Morgan fingerprint density at radius 3 is 2.74 bits per heavy atom. The number of rotatable bonds is 6. The van der Waals surface area contributed by atoms with E-state index in [1.54, 1.807) is 31.2 Å². The molecule has 0 saturated carbocycles. The fourth-order valence-corrected chi connectivity index (χ4v) is 2.08. The highest BCUT2D eigenvalue weighted by Crippen LogP contribution is 2.20. The molecule has 122 valence electrons. The molecular formula is C17H19NO5. The third-order valence-electron chi connectivity index (χ3n) is 3.26. The van der Waals surface area contributed by atoms with Gasteiger partial charge < -0.3 is 19.2 Å². The maximum Gasteiger partial charge on any atom is 0.342 e. The number of aryl methyl sites for hydroxylation is 1. The summed E-state index contributed by atoms with van der Waals surface area (Å²) in [6, 6.07) is 8.36. The van der Waals surface area contributed by atoms with E-state index in [0.717, 1.165) is 5.56 Å². The molecule has 1 aromatic carbocycles. The Balaban J connectivity index is 1.91. The molecule has 1 aromatic heterocycles. The quantitative estimate of drug-likeness (QED) is 0.829. The van der Waals surface area contributed by atoms with Gasteiger partial charge in [-0.3, -0.25) is 4.79 Å². The molecule has 0 radical (unpaired) electrons. The van der Waals surface area contributed by atoms with Crippen LogP contribution in [0.15, 0.2) is 41.0 Å². The first-order valence-corrected chi connectivity index (χ1v) is 7.15. The molecule has 6 heteroatoms. The van der Waals surface area contributed by atoms with Crippen LogP contribution >= 0.6 is 0 Å². The van der Waals surface area contributed by atoms with Gasteiger partial charge in [0.1, 0.15) is 17.1 Å². The Morgan fingerprint density at radius 2 is 2.09 bits per heavy atom. The van der Waals surface area contributed by atoms with Crippen LogP contribution in [0.1, 0.15) is 34.6 Å². The maximum absolute atomic E-state index is 12.1. The first-order valence-electron chi connectivity index (χ1n) is 7.15. The number of carbonyl (C=O) groups is 2. The maximum atomic E-state index is 12.1. The molecule has 0 aliphatic carbocycles. The Kier molecular flexibility index (Phi) is 5.41. The van der Waals surface area contributed by atoms with Crippen molar-refractivity contribution in [2.45, 2.75) is 19.9 Å². The predicted molar refractivity (Wildman–Crippen MR) is 83.3 cm³/mol. The third-order valence-corrected chi connectivity index (χ3v) is 3.26. The molecule has 0 aliphatic rings. The highest BCUT2D eigenvalue weighted by molar-refractivity contribution is 5.94. The summed E-state index contributed by atoms with van der Waals surface area (Å²) in [5.74, 6) is 0.0233. The minimum atomic E-state index is -0.605. The van der Waals surface area contributed by atoms with E-state index in [1.807, 2.05) is 13.0 Å². The van der Waals surface area contributed by atoms with Gasteiger partial charge in [-0.25, -0.2) is 4.79 Å². The number of nitrogens with one attached hydrogen (secondary N) is 1. The van der Waals surface area contributed by atoms with Crippen molar-refractivity contribution < 1.29 is 23.5 Å². The number of benzene rings is 1. The number of furan rings is 1. The van der Waals surface area contributed by atoms with Crippen molar-refractivity contribution in [1.82, 2.24) is 5.32 Å². The van der Waals surface area contributed by atoms with Gasteiger partial charge in [0.2, 0.25) is 0 Å². The van der Waals surface area contributed by atoms with Crippen LogP contribution < -0.4 is 10.1 Å². The van der Waals surface area contributed by atoms with E-state index in [4.69, 9.17) is 13.9 Å². The van der Waals surface area contributed by atoms with E-state index in [1.165, 1.54) is 13.4 Å². The predicted octanol–water partition coefficient (Wildman–Crippen LogP) is 2.63. The van der Waals surface area contributed by atoms with E-state index >= 15 is 0 Å². The number of methoxy groups -OCH3 is 1. The van der Waals surface area contributed by atoms with Crippen LogP contribution in [0.4, 0.5) is 0 Å². The van der Waals surface area contributed by atoms with Crippen molar-refractivity contribution in [3.8, 4) is 5.75 Å². The van der Waals surface area contributed by atoms with E-state index in [0.29, 0.717) is 17.1 Å². The zero-order valence-corrected chi connectivity index (χ0v) is 13.3. The van der Waals surface area contributed by atoms with Gasteiger partial charge in [0.05, 0.1) is 19.4 Å². The molecule has 1 heterocycles. The van der Waals surface area contributed by atoms with Crippen LogP contribution in [0, 0.1) is 6.92 Å². The van der Waals surface area contributed by atoms with Crippen molar-refractivity contribution in [2.24, 2.45) is 0 Å². The Morgan fingerprint density at radius 1 is 1.30 bits per heavy atom. The van der Waals surface area contributed by atoms with Gasteiger partial charge in [-0.1, -0.05) is 11.6 Å². The van der Waals surface area contributed by atoms with Crippen LogP contribution in [0.2, 0.25) is 0 Å². The van der Waals surface area contributed by atoms with Crippen molar-refractivity contribution in [3.63, 3.8) is 0 Å². The average molecular weight is 317 g/mol. The summed E-state index contributed by atoms with van der Waals surface area (Å²) in [4.78, 5) is 23.9. The standard InChI is InChI=1S/C17H19NO5/c1-11-6-7-15(21-3)13(9-11)17(20)23-10-16(19)18-12(2)14-5-4-8-22-14/h4-9,12H,10H2,1-3H3,(H,18,19)/t12-/m1/s1. The third kappa shape index (κ3) is 4.35. The molecule has 1 N–H and O–H groups in total. The second-order valence-electron chi connectivity index (χ2n) is 5.08. The van der Waals surface area contributed by atoms with Gasteiger partial charge in [0.25, 0.3) is 5.91 Å². The van der Waals surface area contributed by atoms with Gasteiger partial charge >= 0.3 is 5.97 Å². The van der Waals surface area contributed by atoms with Gasteiger partial charge in [-0.2, -0.15) is 0 Å². The van der Waals surface area contributed by atoms with Crippen LogP contribution in [-0.4, -0.2) is 25.6 Å². The van der Waals surface area contributed by atoms with Gasteiger partial charge in [0, 0.05) is 0 Å². The fourth-order valence-electron chi connectivity index (χ4n) is 2.08. The lowest BCUT2D eigenvalue weighted by atomic mass is 10.1. The Hall–Kier alpha value is -2.76. The highest BCUT2D eigenvalue weighted by atomic mass is 16.5. The molecule has 0 bridgehead atoms. The molecule has 6 nitrogen and oxygen atoms in total. The lowest BCUT2D eigenvalue weighted by Gasteiger charge is -2.12. The fraction of sp³-hybridized carbons (Fsp3) is 0.294. The highest BCUT2D eigenvalue weighted by Gasteiger charge is 2.17. The minimum Gasteiger partial charge on any atom is -0.496 e. The largest absolute Gasteiger partial charge is 0.496 e. The smallest absolute Gasteiger partial charge is 0.342 e. The molecule has 2 rings (SSSR count). The Bertz CT molecular complexity index is 678. The van der Waals surface area contributed by atoms with Gasteiger partial charge in [0.15, 0.2) is 6.61 Å². The monoisotopic (exact) mass is 317 g/mol. The number of hydrogen-bond acceptors (Lipinski definition) is 5. The van der Waals surface area contributed by atoms with Crippen LogP contribution in [0.5, 0.6) is 5.75 Å². The van der Waals surface area contributed by atoms with Crippen LogP contribution in [0.25, 0.3) is 0 Å². The lowest BCUT2D eigenvalue weighted by molar-refractivity contribution is -0.125. The second-order valence-corrected chi connectivity index (χ2v) is 5.08. The number of amides is 1. The summed E-state index contributed by atoms with van der Waals surface area (Å²) in [6.07, 6.45) is 1.53. The molecule has 0 aliphatic heterocycles. The lowest BCUT2D eigenvalue weighted by Crippen LogP contribution is -2.31. The van der Waals surface area contributed by atoms with Crippen molar-refractivity contribution in [1.29, 1.82) is 0 Å². The van der Waals surface area contributed by atoms with Crippen molar-refractivity contribution >= 4 is 11.9 Å². The summed E-state index contributed by atoms with van der Waals surface area (Å²) >= 11 is 0. The molecule has 2 aromatic rings. The number of ether oxygens (including phenoxy) is 2. The van der Waals surface area contributed by atoms with Crippen molar-refractivity contribution in [3.05, 3.63) is 53.5 Å². The number of hydrogen-bond donors (Lipinski definition) is 1. The van der Waals surface area contributed by atoms with E-state index in [2.05, 4.69) is 5.32 Å². The van der Waals surface area contributed by atoms with E-state index in [-0.39, 0.29) is 12.6 Å². The van der Waals surface area contributed by atoms with Crippen LogP contribution in [-0.2, 0) is 9.53 Å². The Labute approximate surface area is 134 Å². The van der Waals surface area contributed by atoms with E-state index in [9.17, 15) is 9.59 Å². The summed E-state index contributed by atoms with van der Waals surface area (Å²) in [7, 11) is 1.47. The topological polar surface area (TPSA) is 77.8 Å². The molecule has 1 atom stereocenters. The normalized spacial score (nSPS) is 11.6. The van der Waals surface area contributed by atoms with Gasteiger partial charge in [-0.05, 0) is 38.1 Å². The van der Waals surface area contributed by atoms with Crippen LogP contribution in [0.3, 0.4) is 0 Å². The summed E-state index contributed by atoms with van der Waals surface area (Å²) in [5, 5.41) is 2.69. The molecule has 0 spiro atoms. The average Bonchev–Trinajstić information content (AvgIpc) is 3.07. The second kappa shape index (κ2) is 7.49. The summed E-state index contributed by atoms with van der Waals surface area (Å²) in [5.41, 5.74) is 1.19. The van der Waals surface area contributed by atoms with Crippen molar-refractivity contribution in [2.75, 3.05) is 13.7 Å².